The average molecular weight is 818 g/mol. The molecule has 0 spiro atoms. The van der Waals surface area contributed by atoms with Gasteiger partial charge >= 0.3 is 11.9 Å². The summed E-state index contributed by atoms with van der Waals surface area (Å²) in [6, 6.07) is 16.1. The van der Waals surface area contributed by atoms with Gasteiger partial charge in [0, 0.05) is 12.8 Å². The SMILES string of the molecule is CCCCCCCCCCCCCCCC(=O)Oc1ccc(/C(CC)=C(\CCCC)c2ccc(OC(=O)CCCCCCCCCCCCCCC)cc2)cc1.CCN. The molecule has 0 fully saturated rings. The Morgan fingerprint density at radius 3 is 0.932 bits per heavy atom. The maximum Gasteiger partial charge on any atom is 0.311 e. The third-order valence-corrected chi connectivity index (χ3v) is 11.3. The van der Waals surface area contributed by atoms with Gasteiger partial charge in [-0.1, -0.05) is 219 Å². The Balaban J connectivity index is 0.00000562. The Hall–Kier alpha value is -2.92. The van der Waals surface area contributed by atoms with Gasteiger partial charge in [-0.05, 0) is 85.2 Å². The van der Waals surface area contributed by atoms with E-state index in [1.54, 1.807) is 0 Å². The van der Waals surface area contributed by atoms with Crippen molar-refractivity contribution in [1.82, 2.24) is 0 Å². The summed E-state index contributed by atoms with van der Waals surface area (Å²) < 4.78 is 11.4. The molecule has 0 saturated heterocycles. The molecule has 0 radical (unpaired) electrons. The van der Waals surface area contributed by atoms with E-state index in [2.05, 4.69) is 52.0 Å². The van der Waals surface area contributed by atoms with Gasteiger partial charge in [-0.15, -0.1) is 0 Å². The summed E-state index contributed by atoms with van der Waals surface area (Å²) in [7, 11) is 0. The van der Waals surface area contributed by atoms with Crippen LogP contribution in [-0.2, 0) is 9.59 Å². The molecule has 2 aromatic rings. The number of hydrogen-bond acceptors (Lipinski definition) is 5. The molecule has 2 N–H and O–H groups in total. The van der Waals surface area contributed by atoms with Crippen LogP contribution in [0.4, 0.5) is 0 Å². The second kappa shape index (κ2) is 39.2. The average Bonchev–Trinajstić information content (AvgIpc) is 3.24. The second-order valence-electron chi connectivity index (χ2n) is 16.8. The molecule has 0 aromatic heterocycles. The lowest BCUT2D eigenvalue weighted by Gasteiger charge is -2.16. The zero-order valence-electron chi connectivity index (χ0n) is 39.2. The van der Waals surface area contributed by atoms with Gasteiger partial charge in [-0.25, -0.2) is 0 Å². The quantitative estimate of drug-likeness (QED) is 0.0321. The summed E-state index contributed by atoms with van der Waals surface area (Å²) >= 11 is 0. The van der Waals surface area contributed by atoms with Crippen molar-refractivity contribution in [3.8, 4) is 11.5 Å². The van der Waals surface area contributed by atoms with Gasteiger partial charge in [0.25, 0.3) is 0 Å². The molecule has 0 bridgehead atoms. The first-order valence-corrected chi connectivity index (χ1v) is 25.0. The third kappa shape index (κ3) is 29.1. The maximum absolute atomic E-state index is 12.6. The number of hydrogen-bond donors (Lipinski definition) is 1. The highest BCUT2D eigenvalue weighted by atomic mass is 16.5. The Morgan fingerprint density at radius 1 is 0.373 bits per heavy atom. The predicted molar refractivity (Wildman–Crippen MR) is 256 cm³/mol. The fraction of sp³-hybridized carbons (Fsp3) is 0.704. The van der Waals surface area contributed by atoms with Crippen LogP contribution in [0.15, 0.2) is 48.5 Å². The monoisotopic (exact) mass is 818 g/mol. The summed E-state index contributed by atoms with van der Waals surface area (Å²) in [4.78, 5) is 25.2. The Bertz CT molecular complexity index is 1300. The molecule has 0 amide bonds. The van der Waals surface area contributed by atoms with E-state index in [1.807, 2.05) is 31.2 Å². The lowest BCUT2D eigenvalue weighted by atomic mass is 9.89. The van der Waals surface area contributed by atoms with E-state index >= 15 is 0 Å². The van der Waals surface area contributed by atoms with Crippen molar-refractivity contribution >= 4 is 23.1 Å². The summed E-state index contributed by atoms with van der Waals surface area (Å²) in [6.45, 7) is 11.6. The van der Waals surface area contributed by atoms with Crippen LogP contribution in [-0.4, -0.2) is 18.5 Å². The maximum atomic E-state index is 12.6. The smallest absolute Gasteiger partial charge is 0.311 e. The predicted octanol–water partition coefficient (Wildman–Crippen LogP) is 16.9. The van der Waals surface area contributed by atoms with Crippen molar-refractivity contribution in [1.29, 1.82) is 0 Å². The van der Waals surface area contributed by atoms with Gasteiger partial charge in [-0.2, -0.15) is 0 Å². The molecule has 0 aliphatic heterocycles. The molecule has 2 aromatic carbocycles. The zero-order chi connectivity index (χ0) is 43.0. The van der Waals surface area contributed by atoms with Gasteiger partial charge in [-0.3, -0.25) is 9.59 Å². The summed E-state index contributed by atoms with van der Waals surface area (Å²) in [5.41, 5.74) is 9.80. The number of carbonyl (C=O) groups excluding carboxylic acids is 2. The van der Waals surface area contributed by atoms with Crippen LogP contribution in [0.1, 0.15) is 251 Å². The largest absolute Gasteiger partial charge is 0.427 e. The van der Waals surface area contributed by atoms with Crippen molar-refractivity contribution in [3.05, 3.63) is 59.7 Å². The molecule has 5 nitrogen and oxygen atoms in total. The summed E-state index contributed by atoms with van der Waals surface area (Å²) in [5.74, 6) is 0.957. The van der Waals surface area contributed by atoms with Crippen LogP contribution in [0.3, 0.4) is 0 Å². The van der Waals surface area contributed by atoms with Crippen molar-refractivity contribution < 1.29 is 19.1 Å². The number of esters is 2. The van der Waals surface area contributed by atoms with Crippen LogP contribution in [0.5, 0.6) is 11.5 Å². The molecule has 0 saturated carbocycles. The normalized spacial score (nSPS) is 11.5. The van der Waals surface area contributed by atoms with Crippen LogP contribution in [0, 0.1) is 0 Å². The van der Waals surface area contributed by atoms with E-state index in [1.165, 1.54) is 158 Å². The number of ether oxygens (including phenoxy) is 2. The first-order valence-electron chi connectivity index (χ1n) is 25.0. The third-order valence-electron chi connectivity index (χ3n) is 11.3. The summed E-state index contributed by atoms with van der Waals surface area (Å²) in [6.07, 6.45) is 38.7. The Kier molecular flexibility index (Phi) is 36.0. The number of nitrogens with two attached hydrogens (primary N) is 1. The highest BCUT2D eigenvalue weighted by Crippen LogP contribution is 2.34. The van der Waals surface area contributed by atoms with E-state index in [4.69, 9.17) is 15.2 Å². The molecule has 336 valence electrons. The lowest BCUT2D eigenvalue weighted by Crippen LogP contribution is -2.07. The highest BCUT2D eigenvalue weighted by Gasteiger charge is 2.13. The zero-order valence-corrected chi connectivity index (χ0v) is 39.2. The molecular formula is C54H91NO4. The molecule has 5 heteroatoms. The van der Waals surface area contributed by atoms with Gasteiger partial charge in [0.1, 0.15) is 11.5 Å². The molecule has 59 heavy (non-hydrogen) atoms. The fourth-order valence-corrected chi connectivity index (χ4v) is 7.80. The first kappa shape index (κ1) is 54.1. The van der Waals surface area contributed by atoms with Crippen LogP contribution in [0.2, 0.25) is 0 Å². The topological polar surface area (TPSA) is 78.6 Å². The number of unbranched alkanes of at least 4 members (excludes halogenated alkanes) is 25. The summed E-state index contributed by atoms with van der Waals surface area (Å²) in [5, 5.41) is 0. The van der Waals surface area contributed by atoms with Gasteiger partial charge in [0.05, 0.1) is 0 Å². The van der Waals surface area contributed by atoms with E-state index in [0.717, 1.165) is 63.5 Å². The van der Waals surface area contributed by atoms with Crippen LogP contribution < -0.4 is 15.2 Å². The number of carbonyl (C=O) groups is 2. The number of rotatable bonds is 36. The first-order chi connectivity index (χ1) is 28.9. The fourth-order valence-electron chi connectivity index (χ4n) is 7.80. The van der Waals surface area contributed by atoms with E-state index in [9.17, 15) is 9.59 Å². The van der Waals surface area contributed by atoms with E-state index in [0.29, 0.717) is 24.3 Å². The van der Waals surface area contributed by atoms with Crippen molar-refractivity contribution in [2.24, 2.45) is 5.73 Å². The van der Waals surface area contributed by atoms with Crippen molar-refractivity contribution in [2.75, 3.05) is 6.54 Å². The minimum Gasteiger partial charge on any atom is -0.427 e. The molecular weight excluding hydrogens is 727 g/mol. The van der Waals surface area contributed by atoms with E-state index < -0.39 is 0 Å². The molecule has 0 unspecified atom stereocenters. The van der Waals surface area contributed by atoms with Crippen molar-refractivity contribution in [3.63, 3.8) is 0 Å². The van der Waals surface area contributed by atoms with Gasteiger partial charge in [0.15, 0.2) is 0 Å². The minimum atomic E-state index is -0.138. The molecule has 0 aliphatic rings. The highest BCUT2D eigenvalue weighted by molar-refractivity contribution is 5.91. The van der Waals surface area contributed by atoms with E-state index in [-0.39, 0.29) is 11.9 Å². The molecule has 0 aliphatic carbocycles. The Labute approximate surface area is 364 Å². The molecule has 2 rings (SSSR count). The van der Waals surface area contributed by atoms with Gasteiger partial charge in [0.2, 0.25) is 0 Å². The van der Waals surface area contributed by atoms with Crippen molar-refractivity contribution in [2.45, 2.75) is 240 Å². The standard InChI is InChI=1S/C52H84O4.C2H7N/c1-5-9-12-14-16-18-20-22-24-26-28-30-32-35-51(53)55-47-41-37-45(38-42-47)49(8-4)50(34-11-7-3)46-39-43-48(44-40-46)56-52(54)36-33-31-29-27-25-23-21-19-17-15-13-10-6-2;1-2-3/h37-44H,5-36H2,1-4H3;2-3H2,1H3/b50-49+;. The Morgan fingerprint density at radius 2 is 0.644 bits per heavy atom. The molecule has 0 heterocycles. The van der Waals surface area contributed by atoms with Crippen LogP contribution >= 0.6 is 0 Å². The lowest BCUT2D eigenvalue weighted by molar-refractivity contribution is -0.135. The van der Waals surface area contributed by atoms with Gasteiger partial charge < -0.3 is 15.2 Å². The minimum absolute atomic E-state index is 0.137. The van der Waals surface area contributed by atoms with Crippen LogP contribution in [0.25, 0.3) is 11.1 Å². The number of allylic oxidation sites excluding steroid dienone is 2. The molecule has 0 atom stereocenters. The second-order valence-corrected chi connectivity index (χ2v) is 16.8. The number of benzene rings is 2.